The van der Waals surface area contributed by atoms with Crippen LogP contribution in [0.1, 0.15) is 28.7 Å². The zero-order valence-corrected chi connectivity index (χ0v) is 17.9. The Kier molecular flexibility index (Phi) is 6.43. The van der Waals surface area contributed by atoms with E-state index in [1.807, 2.05) is 0 Å². The maximum Gasteiger partial charge on any atom is 0.420 e. The van der Waals surface area contributed by atoms with Crippen LogP contribution in [-0.2, 0) is 19.1 Å². The molecule has 0 bridgehead atoms. The van der Waals surface area contributed by atoms with Crippen molar-refractivity contribution in [3.05, 3.63) is 68.2 Å². The van der Waals surface area contributed by atoms with Gasteiger partial charge in [-0.15, -0.1) is 0 Å². The summed E-state index contributed by atoms with van der Waals surface area (Å²) in [5.74, 6) is -2.36. The number of H-pyrrole nitrogens is 1. The van der Waals surface area contributed by atoms with E-state index in [4.69, 9.17) is 16.3 Å². The quantitative estimate of drug-likeness (QED) is 0.456. The predicted molar refractivity (Wildman–Crippen MR) is 110 cm³/mol. The number of aromatic amines is 1. The molecule has 4 rings (SSSR count). The van der Waals surface area contributed by atoms with E-state index in [0.717, 1.165) is 12.1 Å². The second-order valence-electron chi connectivity index (χ2n) is 7.32. The summed E-state index contributed by atoms with van der Waals surface area (Å²) in [6.07, 6.45) is -4.93. The lowest BCUT2D eigenvalue weighted by molar-refractivity contribution is -0.138. The van der Waals surface area contributed by atoms with Crippen molar-refractivity contribution in [2.75, 3.05) is 18.1 Å². The van der Waals surface area contributed by atoms with Gasteiger partial charge < -0.3 is 19.8 Å². The third-order valence-electron chi connectivity index (χ3n) is 5.09. The zero-order chi connectivity index (χ0) is 24.6. The van der Waals surface area contributed by atoms with Gasteiger partial charge in [-0.1, -0.05) is 11.6 Å². The molecule has 1 aromatic carbocycles. The second kappa shape index (κ2) is 9.16. The Balaban J connectivity index is 1.78. The first-order chi connectivity index (χ1) is 16.1. The van der Waals surface area contributed by atoms with Gasteiger partial charge in [-0.2, -0.15) is 23.3 Å². The van der Waals surface area contributed by atoms with Crippen molar-refractivity contribution in [1.82, 2.24) is 20.2 Å². The van der Waals surface area contributed by atoms with Crippen molar-refractivity contribution in [3.63, 3.8) is 0 Å². The fourth-order valence-electron chi connectivity index (χ4n) is 3.45. The van der Waals surface area contributed by atoms with E-state index in [1.54, 1.807) is 4.90 Å². The van der Waals surface area contributed by atoms with E-state index >= 15 is 0 Å². The van der Waals surface area contributed by atoms with Gasteiger partial charge in [-0.25, -0.2) is 14.5 Å². The van der Waals surface area contributed by atoms with Gasteiger partial charge >= 0.3 is 6.18 Å². The van der Waals surface area contributed by atoms with Crippen LogP contribution < -0.4 is 15.2 Å². The maximum absolute atomic E-state index is 13.5. The van der Waals surface area contributed by atoms with Gasteiger partial charge in [0.1, 0.15) is 28.3 Å². The molecule has 0 saturated carbocycles. The van der Waals surface area contributed by atoms with E-state index in [2.05, 4.69) is 20.2 Å². The number of benzene rings is 1. The molecule has 0 spiro atoms. The highest BCUT2D eigenvalue weighted by molar-refractivity contribution is 6.33. The molecule has 3 aromatic rings. The van der Waals surface area contributed by atoms with Crippen LogP contribution in [0, 0.1) is 5.82 Å². The van der Waals surface area contributed by atoms with E-state index in [0.29, 0.717) is 17.3 Å². The molecule has 1 unspecified atom stereocenters. The number of nitrogens with one attached hydrogen (secondary N) is 1. The summed E-state index contributed by atoms with van der Waals surface area (Å²) in [5, 5.41) is 25.2. The van der Waals surface area contributed by atoms with Crippen molar-refractivity contribution in [2.45, 2.75) is 25.2 Å². The van der Waals surface area contributed by atoms with Gasteiger partial charge in [-0.05, 0) is 24.6 Å². The maximum atomic E-state index is 13.5. The summed E-state index contributed by atoms with van der Waals surface area (Å²) in [6, 6.07) is 1.94. The molecule has 34 heavy (non-hydrogen) atoms. The molecule has 1 atom stereocenters. The first-order valence-corrected chi connectivity index (χ1v) is 10.2. The molecule has 3 heterocycles. The number of aliphatic hydroxyl groups is 2. The lowest BCUT2D eigenvalue weighted by Gasteiger charge is -2.31. The molecule has 14 heteroatoms. The largest absolute Gasteiger partial charge is 0.438 e. The number of fused-ring (bicyclic) bond motifs is 1. The van der Waals surface area contributed by atoms with Gasteiger partial charge in [-0.3, -0.25) is 4.79 Å². The Labute approximate surface area is 193 Å². The lowest BCUT2D eigenvalue weighted by Crippen LogP contribution is -2.33. The van der Waals surface area contributed by atoms with Crippen LogP contribution in [0.2, 0.25) is 5.02 Å². The molecule has 0 aliphatic carbocycles. The number of nitrogens with zero attached hydrogens (tertiary/aromatic N) is 4. The third kappa shape index (κ3) is 4.67. The number of aromatic nitrogens is 4. The smallest absolute Gasteiger partial charge is 0.420 e. The van der Waals surface area contributed by atoms with Crippen LogP contribution >= 0.6 is 11.6 Å². The summed E-state index contributed by atoms with van der Waals surface area (Å²) >= 11 is 6.08. The number of ether oxygens (including phenoxy) is 1. The highest BCUT2D eigenvalue weighted by Crippen LogP contribution is 2.40. The average Bonchev–Trinajstić information content (AvgIpc) is 2.80. The molecular formula is C20H16ClF4N5O4. The molecule has 0 amide bonds. The lowest BCUT2D eigenvalue weighted by atomic mass is 10.0. The van der Waals surface area contributed by atoms with Crippen LogP contribution in [0.4, 0.5) is 23.2 Å². The number of hydrogen-bond donors (Lipinski definition) is 3. The van der Waals surface area contributed by atoms with Gasteiger partial charge in [0.15, 0.2) is 5.82 Å². The van der Waals surface area contributed by atoms with Crippen LogP contribution in [0.15, 0.2) is 29.2 Å². The average molecular weight is 502 g/mol. The van der Waals surface area contributed by atoms with Gasteiger partial charge in [0.05, 0.1) is 30.7 Å². The van der Waals surface area contributed by atoms with Crippen molar-refractivity contribution >= 4 is 17.3 Å². The summed E-state index contributed by atoms with van der Waals surface area (Å²) in [5.41, 5.74) is -1.03. The molecule has 0 fully saturated rings. The minimum absolute atomic E-state index is 0.0275. The minimum Gasteiger partial charge on any atom is -0.438 e. The molecule has 0 saturated heterocycles. The SMILES string of the molecule is O=c1[nH]ncc(N2CCc3c(nc(C(O)CO)nc3Oc3ccc(F)cc3C(F)(F)F)C2)c1Cl. The fourth-order valence-corrected chi connectivity index (χ4v) is 3.66. The molecule has 2 aromatic heterocycles. The van der Waals surface area contributed by atoms with Crippen molar-refractivity contribution in [2.24, 2.45) is 0 Å². The Morgan fingerprint density at radius 2 is 2.06 bits per heavy atom. The Morgan fingerprint density at radius 3 is 2.76 bits per heavy atom. The predicted octanol–water partition coefficient (Wildman–Crippen LogP) is 2.75. The Bertz CT molecular complexity index is 1290. The monoisotopic (exact) mass is 501 g/mol. The first kappa shape index (κ1) is 23.9. The molecular weight excluding hydrogens is 486 g/mol. The van der Waals surface area contributed by atoms with E-state index in [-0.39, 0.29) is 41.9 Å². The Hall–Kier alpha value is -3.29. The second-order valence-corrected chi connectivity index (χ2v) is 7.70. The van der Waals surface area contributed by atoms with Crippen LogP contribution in [0.5, 0.6) is 11.6 Å². The van der Waals surface area contributed by atoms with Crippen molar-refractivity contribution < 1.29 is 32.5 Å². The normalized spacial score (nSPS) is 14.6. The van der Waals surface area contributed by atoms with Crippen molar-refractivity contribution in [1.29, 1.82) is 0 Å². The minimum atomic E-state index is -4.90. The molecule has 1 aliphatic heterocycles. The highest BCUT2D eigenvalue weighted by atomic mass is 35.5. The molecule has 1 aliphatic rings. The standard InChI is InChI=1S/C20H16ClF4N5O4/c21-16-13(6-26-29-18(16)33)30-4-3-10-12(7-30)27-17(14(32)8-31)28-19(10)34-15-2-1-9(22)5-11(15)20(23,24)25/h1-2,5-6,14,31-32H,3-4,7-8H2,(H,29,33). The van der Waals surface area contributed by atoms with Gasteiger partial charge in [0.2, 0.25) is 5.88 Å². The van der Waals surface area contributed by atoms with Crippen LogP contribution in [0.3, 0.4) is 0 Å². The number of hydrogen-bond acceptors (Lipinski definition) is 8. The summed E-state index contributed by atoms with van der Waals surface area (Å²) in [4.78, 5) is 21.7. The summed E-state index contributed by atoms with van der Waals surface area (Å²) < 4.78 is 59.3. The highest BCUT2D eigenvalue weighted by Gasteiger charge is 2.36. The molecule has 180 valence electrons. The zero-order valence-electron chi connectivity index (χ0n) is 17.1. The molecule has 3 N–H and O–H groups in total. The topological polar surface area (TPSA) is 124 Å². The number of alkyl halides is 3. The van der Waals surface area contributed by atoms with Crippen LogP contribution in [-0.4, -0.2) is 43.5 Å². The summed E-state index contributed by atoms with van der Waals surface area (Å²) in [7, 11) is 0. The number of anilines is 1. The van der Waals surface area contributed by atoms with Crippen LogP contribution in [0.25, 0.3) is 0 Å². The van der Waals surface area contributed by atoms with Gasteiger partial charge in [0.25, 0.3) is 5.56 Å². The first-order valence-electron chi connectivity index (χ1n) is 9.79. The Morgan fingerprint density at radius 1 is 1.29 bits per heavy atom. The number of halogens is 5. The van der Waals surface area contributed by atoms with Gasteiger partial charge in [0, 0.05) is 12.1 Å². The number of aliphatic hydroxyl groups excluding tert-OH is 2. The molecule has 0 radical (unpaired) electrons. The third-order valence-corrected chi connectivity index (χ3v) is 5.45. The van der Waals surface area contributed by atoms with E-state index in [1.165, 1.54) is 6.20 Å². The molecule has 9 nitrogen and oxygen atoms in total. The fraction of sp³-hybridized carbons (Fsp3) is 0.300. The van der Waals surface area contributed by atoms with E-state index in [9.17, 15) is 32.6 Å². The van der Waals surface area contributed by atoms with Crippen molar-refractivity contribution in [3.8, 4) is 11.6 Å². The summed E-state index contributed by atoms with van der Waals surface area (Å²) in [6.45, 7) is -0.467. The number of rotatable bonds is 5. The van der Waals surface area contributed by atoms with E-state index < -0.39 is 41.6 Å².